The minimum Gasteiger partial charge on any atom is -0.389 e. The lowest BCUT2D eigenvalue weighted by Crippen LogP contribution is -2.35. The lowest BCUT2D eigenvalue weighted by molar-refractivity contribution is -0.126. The van der Waals surface area contributed by atoms with E-state index in [2.05, 4.69) is 10.6 Å². The maximum Gasteiger partial charge on any atom is 0.175 e. The fourth-order valence-electron chi connectivity index (χ4n) is 2.27. The third kappa shape index (κ3) is 9.40. The average molecular weight is 387 g/mol. The summed E-state index contributed by atoms with van der Waals surface area (Å²) >= 11 is 5.98. The van der Waals surface area contributed by atoms with Crippen LogP contribution in [-0.4, -0.2) is 56.1 Å². The number of ketones is 2. The third-order valence-corrected chi connectivity index (χ3v) is 4.28. The Morgan fingerprint density at radius 1 is 1.08 bits per heavy atom. The van der Waals surface area contributed by atoms with E-state index >= 15 is 0 Å². The van der Waals surface area contributed by atoms with Gasteiger partial charge in [-0.1, -0.05) is 43.6 Å². The zero-order chi connectivity index (χ0) is 19.9. The topological polar surface area (TPSA) is 87.7 Å². The van der Waals surface area contributed by atoms with Crippen molar-refractivity contribution in [2.45, 2.75) is 45.4 Å². The van der Waals surface area contributed by atoms with Gasteiger partial charge < -0.3 is 20.5 Å². The van der Waals surface area contributed by atoms with Crippen molar-refractivity contribution < 1.29 is 19.4 Å². The highest BCUT2D eigenvalue weighted by molar-refractivity contribution is 6.31. The van der Waals surface area contributed by atoms with E-state index < -0.39 is 0 Å². The second-order valence-corrected chi connectivity index (χ2v) is 6.08. The van der Waals surface area contributed by atoms with E-state index in [1.807, 2.05) is 38.1 Å². The number of nitrogens with one attached hydrogen (secondary N) is 2. The molecule has 0 heterocycles. The number of likely N-dealkylation sites (N-methyl/N-ethyl adjacent to an activating group) is 2. The number of aliphatic hydroxyl groups excluding tert-OH is 1. The SMILES string of the molecule is CC[C@H](NC)C(=O)CO.CC[C@H](NC)C(=O)COCc1ccccc1Cl. The quantitative estimate of drug-likeness (QED) is 0.539. The monoisotopic (exact) mass is 386 g/mol. The molecule has 0 spiro atoms. The first-order valence-corrected chi connectivity index (χ1v) is 9.14. The molecule has 0 amide bonds. The van der Waals surface area contributed by atoms with Crippen LogP contribution >= 0.6 is 11.6 Å². The molecule has 1 rings (SSSR count). The minimum atomic E-state index is -0.362. The van der Waals surface area contributed by atoms with Gasteiger partial charge in [0.1, 0.15) is 13.2 Å². The summed E-state index contributed by atoms with van der Waals surface area (Å²) < 4.78 is 5.37. The number of aliphatic hydroxyl groups is 1. The highest BCUT2D eigenvalue weighted by Crippen LogP contribution is 2.15. The van der Waals surface area contributed by atoms with E-state index in [1.165, 1.54) is 0 Å². The Kier molecular flexibility index (Phi) is 14.1. The molecule has 0 fully saturated rings. The van der Waals surface area contributed by atoms with Crippen LogP contribution < -0.4 is 10.6 Å². The molecule has 6 nitrogen and oxygen atoms in total. The van der Waals surface area contributed by atoms with Crippen molar-refractivity contribution in [2.24, 2.45) is 0 Å². The van der Waals surface area contributed by atoms with Crippen molar-refractivity contribution in [3.05, 3.63) is 34.9 Å². The summed E-state index contributed by atoms with van der Waals surface area (Å²) in [7, 11) is 3.49. The van der Waals surface area contributed by atoms with Crippen molar-refractivity contribution in [3.8, 4) is 0 Å². The maximum atomic E-state index is 11.7. The molecule has 7 heteroatoms. The molecule has 0 aliphatic heterocycles. The second-order valence-electron chi connectivity index (χ2n) is 5.67. The van der Waals surface area contributed by atoms with E-state index in [-0.39, 0.29) is 36.9 Å². The predicted octanol–water partition coefficient (Wildman–Crippen LogP) is 1.97. The van der Waals surface area contributed by atoms with Gasteiger partial charge >= 0.3 is 0 Å². The zero-order valence-corrected chi connectivity index (χ0v) is 16.8. The minimum absolute atomic E-state index is 0.0713. The number of carbonyl (C=O) groups excluding carboxylic acids is 2. The van der Waals surface area contributed by atoms with E-state index in [1.54, 1.807) is 14.1 Å². The number of benzene rings is 1. The number of ether oxygens (including phenoxy) is 1. The fourth-order valence-corrected chi connectivity index (χ4v) is 2.46. The van der Waals surface area contributed by atoms with Gasteiger partial charge in [0.2, 0.25) is 0 Å². The Morgan fingerprint density at radius 2 is 1.62 bits per heavy atom. The molecule has 26 heavy (non-hydrogen) atoms. The summed E-state index contributed by atoms with van der Waals surface area (Å²) in [4.78, 5) is 22.3. The number of Topliss-reactive ketones (excluding diaryl/α,β-unsaturated/α-hetero) is 2. The van der Waals surface area contributed by atoms with Gasteiger partial charge in [-0.05, 0) is 38.6 Å². The van der Waals surface area contributed by atoms with Crippen LogP contribution in [0, 0.1) is 0 Å². The first kappa shape index (κ1) is 24.7. The molecule has 2 atom stereocenters. The predicted molar refractivity (Wildman–Crippen MR) is 104 cm³/mol. The van der Waals surface area contributed by atoms with E-state index in [0.717, 1.165) is 18.4 Å². The fraction of sp³-hybridized carbons (Fsp3) is 0.579. The average Bonchev–Trinajstić information content (AvgIpc) is 2.65. The number of halogens is 1. The first-order chi connectivity index (χ1) is 12.4. The molecule has 1 aromatic carbocycles. The van der Waals surface area contributed by atoms with Crippen molar-refractivity contribution in [2.75, 3.05) is 27.3 Å². The van der Waals surface area contributed by atoms with Crippen molar-refractivity contribution in [1.29, 1.82) is 0 Å². The molecule has 0 radical (unpaired) electrons. The van der Waals surface area contributed by atoms with Gasteiger partial charge in [0.15, 0.2) is 11.6 Å². The molecule has 0 saturated carbocycles. The number of rotatable bonds is 11. The molecule has 3 N–H and O–H groups in total. The van der Waals surface area contributed by atoms with E-state index in [0.29, 0.717) is 11.6 Å². The molecule has 0 aliphatic rings. The van der Waals surface area contributed by atoms with Gasteiger partial charge in [0, 0.05) is 5.02 Å². The maximum absolute atomic E-state index is 11.7. The molecule has 0 aliphatic carbocycles. The summed E-state index contributed by atoms with van der Waals surface area (Å²) in [6.07, 6.45) is 1.50. The first-order valence-electron chi connectivity index (χ1n) is 8.76. The van der Waals surface area contributed by atoms with Gasteiger partial charge in [-0.25, -0.2) is 0 Å². The van der Waals surface area contributed by atoms with E-state index in [4.69, 9.17) is 21.4 Å². The molecule has 1 aromatic rings. The summed E-state index contributed by atoms with van der Waals surface area (Å²) in [5.74, 6) is -0.0675. The molecular formula is C19H31ClN2O4. The lowest BCUT2D eigenvalue weighted by atomic mass is 10.1. The van der Waals surface area contributed by atoms with Crippen LogP contribution in [0.1, 0.15) is 32.3 Å². The summed E-state index contributed by atoms with van der Waals surface area (Å²) in [5.41, 5.74) is 0.902. The van der Waals surface area contributed by atoms with Crippen molar-refractivity contribution in [1.82, 2.24) is 10.6 Å². The lowest BCUT2D eigenvalue weighted by Gasteiger charge is -2.12. The van der Waals surface area contributed by atoms with Gasteiger partial charge in [-0.15, -0.1) is 0 Å². The molecule has 0 saturated heterocycles. The number of carbonyl (C=O) groups is 2. The smallest absolute Gasteiger partial charge is 0.175 e. The van der Waals surface area contributed by atoms with E-state index in [9.17, 15) is 9.59 Å². The zero-order valence-electron chi connectivity index (χ0n) is 16.0. The highest BCUT2D eigenvalue weighted by atomic mass is 35.5. The Morgan fingerprint density at radius 3 is 2.04 bits per heavy atom. The summed E-state index contributed by atoms with van der Waals surface area (Å²) in [6, 6.07) is 7.17. The Bertz CT molecular complexity index is 532. The largest absolute Gasteiger partial charge is 0.389 e. The van der Waals surface area contributed by atoms with Gasteiger partial charge in [0.25, 0.3) is 0 Å². The Labute approximate surface area is 161 Å². The normalized spacial score (nSPS) is 12.7. The van der Waals surface area contributed by atoms with Crippen LogP contribution in [0.2, 0.25) is 5.02 Å². The third-order valence-electron chi connectivity index (χ3n) is 3.91. The Balaban J connectivity index is 0.000000590. The second kappa shape index (κ2) is 14.8. The highest BCUT2D eigenvalue weighted by Gasteiger charge is 2.14. The van der Waals surface area contributed by atoms with Gasteiger partial charge in [-0.2, -0.15) is 0 Å². The molecule has 0 aromatic heterocycles. The summed E-state index contributed by atoms with van der Waals surface area (Å²) in [5, 5.41) is 14.8. The number of hydrogen-bond donors (Lipinski definition) is 3. The van der Waals surface area contributed by atoms with Crippen LogP contribution in [-0.2, 0) is 20.9 Å². The van der Waals surface area contributed by atoms with Gasteiger partial charge in [-0.3, -0.25) is 9.59 Å². The molecule has 148 valence electrons. The molecule has 0 bridgehead atoms. The van der Waals surface area contributed by atoms with Gasteiger partial charge in [0.05, 0.1) is 18.7 Å². The van der Waals surface area contributed by atoms with Crippen LogP contribution in [0.3, 0.4) is 0 Å². The summed E-state index contributed by atoms with van der Waals surface area (Å²) in [6.45, 7) is 3.98. The van der Waals surface area contributed by atoms with Crippen LogP contribution in [0.25, 0.3) is 0 Å². The van der Waals surface area contributed by atoms with Crippen molar-refractivity contribution in [3.63, 3.8) is 0 Å². The Hall–Kier alpha value is -1.31. The van der Waals surface area contributed by atoms with Crippen LogP contribution in [0.4, 0.5) is 0 Å². The van der Waals surface area contributed by atoms with Crippen LogP contribution in [0.15, 0.2) is 24.3 Å². The molecule has 0 unspecified atom stereocenters. The van der Waals surface area contributed by atoms with Crippen molar-refractivity contribution >= 4 is 23.2 Å². The number of hydrogen-bond acceptors (Lipinski definition) is 6. The molecular weight excluding hydrogens is 356 g/mol. The standard InChI is InChI=1S/C13H18ClNO2.C6H13NO2/c1-3-12(15-2)13(16)9-17-8-10-6-4-5-7-11(10)14;1-3-5(7-2)6(9)4-8/h4-7,12,15H,3,8-9H2,1-2H3;5,7-8H,3-4H2,1-2H3/t12-;5-/m00/s1. The van der Waals surface area contributed by atoms with Crippen LogP contribution in [0.5, 0.6) is 0 Å².